The highest BCUT2D eigenvalue weighted by molar-refractivity contribution is 5.47. The van der Waals surface area contributed by atoms with Gasteiger partial charge in [-0.25, -0.2) is 0 Å². The minimum Gasteiger partial charge on any atom is -0.359 e. The molecular formula is C10H12N4O. The lowest BCUT2D eigenvalue weighted by atomic mass is 10.00. The normalized spacial score (nSPS) is 16.5. The SMILES string of the molecule is c1c[nH]c(-c2noc(CC3CNC3)n2)c1. The number of aromatic nitrogens is 3. The van der Waals surface area contributed by atoms with Crippen molar-refractivity contribution in [2.45, 2.75) is 6.42 Å². The van der Waals surface area contributed by atoms with E-state index in [1.165, 1.54) is 0 Å². The number of hydrogen-bond acceptors (Lipinski definition) is 4. The van der Waals surface area contributed by atoms with Crippen molar-refractivity contribution in [1.82, 2.24) is 20.4 Å². The average molecular weight is 204 g/mol. The molecule has 0 aromatic carbocycles. The van der Waals surface area contributed by atoms with E-state index in [2.05, 4.69) is 20.4 Å². The predicted octanol–water partition coefficient (Wildman–Crippen LogP) is 0.827. The fourth-order valence-electron chi connectivity index (χ4n) is 1.66. The number of nitrogens with one attached hydrogen (secondary N) is 2. The van der Waals surface area contributed by atoms with Gasteiger partial charge >= 0.3 is 0 Å². The maximum absolute atomic E-state index is 5.19. The molecule has 1 aliphatic rings. The van der Waals surface area contributed by atoms with Gasteiger partial charge in [0.05, 0.1) is 5.69 Å². The summed E-state index contributed by atoms with van der Waals surface area (Å²) >= 11 is 0. The Bertz CT molecular complexity index is 430. The van der Waals surface area contributed by atoms with Crippen molar-refractivity contribution in [3.63, 3.8) is 0 Å². The molecule has 2 aromatic rings. The predicted molar refractivity (Wildman–Crippen MR) is 54.1 cm³/mol. The van der Waals surface area contributed by atoms with Crippen LogP contribution in [-0.4, -0.2) is 28.2 Å². The van der Waals surface area contributed by atoms with Gasteiger partial charge in [-0.1, -0.05) is 5.16 Å². The lowest BCUT2D eigenvalue weighted by Gasteiger charge is -2.25. The monoisotopic (exact) mass is 204 g/mol. The summed E-state index contributed by atoms with van der Waals surface area (Å²) in [5.74, 6) is 2.02. The first-order valence-electron chi connectivity index (χ1n) is 5.09. The average Bonchev–Trinajstić information content (AvgIpc) is 2.82. The third kappa shape index (κ3) is 1.66. The zero-order chi connectivity index (χ0) is 10.1. The van der Waals surface area contributed by atoms with Crippen molar-refractivity contribution in [3.05, 3.63) is 24.2 Å². The van der Waals surface area contributed by atoms with Crippen molar-refractivity contribution in [1.29, 1.82) is 0 Å². The first-order valence-corrected chi connectivity index (χ1v) is 5.09. The summed E-state index contributed by atoms with van der Waals surface area (Å²) in [7, 11) is 0. The molecule has 0 atom stereocenters. The van der Waals surface area contributed by atoms with Crippen LogP contribution >= 0.6 is 0 Å². The molecule has 3 heterocycles. The van der Waals surface area contributed by atoms with E-state index in [1.54, 1.807) is 0 Å². The molecule has 15 heavy (non-hydrogen) atoms. The van der Waals surface area contributed by atoms with Crippen molar-refractivity contribution < 1.29 is 4.52 Å². The fourth-order valence-corrected chi connectivity index (χ4v) is 1.66. The van der Waals surface area contributed by atoms with Crippen molar-refractivity contribution in [3.8, 4) is 11.5 Å². The molecule has 0 spiro atoms. The molecule has 0 saturated carbocycles. The fraction of sp³-hybridized carbons (Fsp3) is 0.400. The van der Waals surface area contributed by atoms with Crippen molar-refractivity contribution in [2.75, 3.05) is 13.1 Å². The van der Waals surface area contributed by atoms with Crippen LogP contribution in [0.4, 0.5) is 0 Å². The van der Waals surface area contributed by atoms with Crippen LogP contribution in [0, 0.1) is 5.92 Å². The highest BCUT2D eigenvalue weighted by atomic mass is 16.5. The quantitative estimate of drug-likeness (QED) is 0.777. The Balaban J connectivity index is 1.75. The van der Waals surface area contributed by atoms with E-state index >= 15 is 0 Å². The van der Waals surface area contributed by atoms with E-state index in [-0.39, 0.29) is 0 Å². The van der Waals surface area contributed by atoms with Crippen LogP contribution in [0.3, 0.4) is 0 Å². The minimum atomic E-state index is 0.641. The van der Waals surface area contributed by atoms with Crippen molar-refractivity contribution >= 4 is 0 Å². The Morgan fingerprint density at radius 3 is 3.07 bits per heavy atom. The maximum atomic E-state index is 5.19. The van der Waals surface area contributed by atoms with Gasteiger partial charge in [-0.3, -0.25) is 0 Å². The molecule has 78 valence electrons. The molecule has 5 nitrogen and oxygen atoms in total. The van der Waals surface area contributed by atoms with E-state index in [0.717, 1.165) is 31.1 Å². The summed E-state index contributed by atoms with van der Waals surface area (Å²) < 4.78 is 5.19. The third-order valence-electron chi connectivity index (χ3n) is 2.64. The number of H-pyrrole nitrogens is 1. The van der Waals surface area contributed by atoms with Crippen LogP contribution in [-0.2, 0) is 6.42 Å². The third-order valence-corrected chi connectivity index (χ3v) is 2.64. The molecule has 0 bridgehead atoms. The number of aromatic amines is 1. The number of nitrogens with zero attached hydrogens (tertiary/aromatic N) is 2. The molecule has 0 amide bonds. The highest BCUT2D eigenvalue weighted by Gasteiger charge is 2.20. The number of hydrogen-bond donors (Lipinski definition) is 2. The summed E-state index contributed by atoms with van der Waals surface area (Å²) in [5.41, 5.74) is 0.900. The van der Waals surface area contributed by atoms with Gasteiger partial charge in [0.1, 0.15) is 0 Å². The van der Waals surface area contributed by atoms with E-state index in [4.69, 9.17) is 4.52 Å². The maximum Gasteiger partial charge on any atom is 0.227 e. The van der Waals surface area contributed by atoms with Crippen LogP contribution in [0.15, 0.2) is 22.9 Å². The molecule has 0 unspecified atom stereocenters. The van der Waals surface area contributed by atoms with Crippen LogP contribution < -0.4 is 5.32 Å². The molecule has 0 radical (unpaired) electrons. The van der Waals surface area contributed by atoms with Crippen molar-refractivity contribution in [2.24, 2.45) is 5.92 Å². The first kappa shape index (κ1) is 8.67. The summed E-state index contributed by atoms with van der Waals surface area (Å²) in [5, 5.41) is 7.15. The first-order chi connectivity index (χ1) is 7.42. The highest BCUT2D eigenvalue weighted by Crippen LogP contribution is 2.16. The minimum absolute atomic E-state index is 0.641. The van der Waals surface area contributed by atoms with Gasteiger partial charge in [0.25, 0.3) is 0 Å². The van der Waals surface area contributed by atoms with Crippen LogP contribution in [0.5, 0.6) is 0 Å². The Labute approximate surface area is 86.9 Å². The second kappa shape index (κ2) is 3.51. The summed E-state index contributed by atoms with van der Waals surface area (Å²) in [6, 6.07) is 3.85. The molecule has 0 aliphatic carbocycles. The zero-order valence-electron chi connectivity index (χ0n) is 8.23. The molecule has 3 rings (SSSR count). The molecule has 1 saturated heterocycles. The molecule has 1 fully saturated rings. The molecule has 1 aliphatic heterocycles. The zero-order valence-corrected chi connectivity index (χ0v) is 8.23. The molecule has 5 heteroatoms. The summed E-state index contributed by atoms with van der Waals surface area (Å²) in [4.78, 5) is 7.39. The number of rotatable bonds is 3. The van der Waals surface area contributed by atoms with Crippen LogP contribution in [0.25, 0.3) is 11.5 Å². The van der Waals surface area contributed by atoms with Gasteiger partial charge in [0, 0.05) is 12.6 Å². The van der Waals surface area contributed by atoms with E-state index in [1.807, 2.05) is 18.3 Å². The Kier molecular flexibility index (Phi) is 2.03. The van der Waals surface area contributed by atoms with Crippen LogP contribution in [0.1, 0.15) is 5.89 Å². The summed E-state index contributed by atoms with van der Waals surface area (Å²) in [6.07, 6.45) is 2.72. The van der Waals surface area contributed by atoms with Gasteiger partial charge in [-0.2, -0.15) is 4.98 Å². The van der Waals surface area contributed by atoms with Crippen LogP contribution in [0.2, 0.25) is 0 Å². The van der Waals surface area contributed by atoms with E-state index in [0.29, 0.717) is 11.7 Å². The second-order valence-corrected chi connectivity index (χ2v) is 3.82. The van der Waals surface area contributed by atoms with Gasteiger partial charge in [-0.15, -0.1) is 0 Å². The lowest BCUT2D eigenvalue weighted by Crippen LogP contribution is -2.43. The van der Waals surface area contributed by atoms with E-state index in [9.17, 15) is 0 Å². The summed E-state index contributed by atoms with van der Waals surface area (Å²) in [6.45, 7) is 2.11. The molecule has 2 N–H and O–H groups in total. The molecular weight excluding hydrogens is 192 g/mol. The van der Waals surface area contributed by atoms with Gasteiger partial charge in [0.15, 0.2) is 0 Å². The standard InChI is InChI=1S/C10H12N4O/c1-2-8(12-3-1)10-13-9(15-14-10)4-7-5-11-6-7/h1-3,7,11-12H,4-6H2. The molecule has 2 aromatic heterocycles. The van der Waals surface area contributed by atoms with Gasteiger partial charge < -0.3 is 14.8 Å². The smallest absolute Gasteiger partial charge is 0.227 e. The second-order valence-electron chi connectivity index (χ2n) is 3.82. The van der Waals surface area contributed by atoms with E-state index < -0.39 is 0 Å². The lowest BCUT2D eigenvalue weighted by molar-refractivity contribution is 0.296. The van der Waals surface area contributed by atoms with Gasteiger partial charge in [-0.05, 0) is 31.1 Å². The Morgan fingerprint density at radius 1 is 1.47 bits per heavy atom. The van der Waals surface area contributed by atoms with Gasteiger partial charge in [0.2, 0.25) is 11.7 Å². The topological polar surface area (TPSA) is 66.7 Å². The Hall–Kier alpha value is -1.62. The Morgan fingerprint density at radius 2 is 2.40 bits per heavy atom. The largest absolute Gasteiger partial charge is 0.359 e.